The van der Waals surface area contributed by atoms with Crippen LogP contribution in [0.1, 0.15) is 29.2 Å². The Labute approximate surface area is 179 Å². The molecule has 0 spiro atoms. The maximum Gasteiger partial charge on any atom is 0.305 e. The van der Waals surface area contributed by atoms with Gasteiger partial charge in [0.15, 0.2) is 0 Å². The second-order valence-corrected chi connectivity index (χ2v) is 6.95. The average Bonchev–Trinajstić information content (AvgIpc) is 2.77. The Balaban J connectivity index is 1.53. The average molecular weight is 422 g/mol. The van der Waals surface area contributed by atoms with Crippen LogP contribution in [-0.2, 0) is 11.4 Å². The van der Waals surface area contributed by atoms with E-state index in [9.17, 15) is 9.18 Å². The Morgan fingerprint density at radius 2 is 1.68 bits per heavy atom. The van der Waals surface area contributed by atoms with E-state index in [0.29, 0.717) is 28.3 Å². The van der Waals surface area contributed by atoms with Crippen molar-refractivity contribution in [3.05, 3.63) is 95.3 Å². The van der Waals surface area contributed by atoms with Crippen molar-refractivity contribution in [2.24, 2.45) is 5.73 Å². The molecule has 3 rings (SSSR count). The number of nitrogens with two attached hydrogens (primary N) is 1. The lowest BCUT2D eigenvalue weighted by atomic mass is 10.0. The summed E-state index contributed by atoms with van der Waals surface area (Å²) in [5.74, 6) is -0.586. The van der Waals surface area contributed by atoms with Crippen molar-refractivity contribution < 1.29 is 23.8 Å². The minimum Gasteiger partial charge on any atom is -0.489 e. The van der Waals surface area contributed by atoms with Gasteiger partial charge in [0, 0.05) is 17.7 Å². The second-order valence-electron chi connectivity index (χ2n) is 6.95. The number of hydrogen-bond acceptors (Lipinski definition) is 5. The molecule has 0 heterocycles. The molecule has 1 unspecified atom stereocenters. The molecule has 0 saturated heterocycles. The zero-order valence-corrected chi connectivity index (χ0v) is 16.8. The molecule has 6 nitrogen and oxygen atoms in total. The largest absolute Gasteiger partial charge is 0.489 e. The number of rotatable bonds is 10. The van der Waals surface area contributed by atoms with E-state index < -0.39 is 17.8 Å². The van der Waals surface area contributed by atoms with E-state index in [4.69, 9.17) is 25.7 Å². The van der Waals surface area contributed by atoms with Gasteiger partial charge in [-0.05, 0) is 35.4 Å². The zero-order chi connectivity index (χ0) is 22.2. The molecule has 160 valence electrons. The molecule has 31 heavy (non-hydrogen) atoms. The lowest BCUT2D eigenvalue weighted by Crippen LogP contribution is -2.14. The van der Waals surface area contributed by atoms with Gasteiger partial charge in [0.1, 0.15) is 30.5 Å². The van der Waals surface area contributed by atoms with E-state index in [1.165, 1.54) is 6.07 Å². The van der Waals surface area contributed by atoms with Gasteiger partial charge in [-0.15, -0.1) is 0 Å². The number of hydrogen-bond donors (Lipinski definition) is 3. The Morgan fingerprint density at radius 3 is 2.32 bits per heavy atom. The van der Waals surface area contributed by atoms with Crippen LogP contribution in [0.2, 0.25) is 0 Å². The minimum absolute atomic E-state index is 0.0203. The molecule has 0 bridgehead atoms. The molecule has 0 fully saturated rings. The fourth-order valence-corrected chi connectivity index (χ4v) is 2.89. The van der Waals surface area contributed by atoms with Gasteiger partial charge < -0.3 is 25.7 Å². The van der Waals surface area contributed by atoms with Gasteiger partial charge in [-0.3, -0.25) is 4.79 Å². The van der Waals surface area contributed by atoms with Crippen molar-refractivity contribution in [1.29, 1.82) is 5.41 Å². The quantitative estimate of drug-likeness (QED) is 0.422. The standard InChI is InChI=1S/C24H23FN2O4/c25-21-12-20(31-15-23(27)16-4-2-1-3-5-16)11-8-18(21)14-30-19-9-6-17(7-10-19)22(26)13-24(28)29/h1-12,22,27H,13-15,26H2,(H,28,29). The number of halogens is 1. The Kier molecular flexibility index (Phi) is 7.35. The Hall–Kier alpha value is -3.71. The van der Waals surface area contributed by atoms with Crippen LogP contribution in [0.15, 0.2) is 72.8 Å². The first-order chi connectivity index (χ1) is 14.9. The summed E-state index contributed by atoms with van der Waals surface area (Å²) in [4.78, 5) is 10.7. The summed E-state index contributed by atoms with van der Waals surface area (Å²) < 4.78 is 25.5. The summed E-state index contributed by atoms with van der Waals surface area (Å²) in [6.07, 6.45) is -0.162. The smallest absolute Gasteiger partial charge is 0.305 e. The van der Waals surface area contributed by atoms with Gasteiger partial charge in [-0.25, -0.2) is 4.39 Å². The van der Waals surface area contributed by atoms with Crippen molar-refractivity contribution in [3.8, 4) is 11.5 Å². The number of carbonyl (C=O) groups is 1. The molecule has 3 aromatic rings. The van der Waals surface area contributed by atoms with Crippen molar-refractivity contribution in [2.45, 2.75) is 19.1 Å². The van der Waals surface area contributed by atoms with Crippen LogP contribution >= 0.6 is 0 Å². The van der Waals surface area contributed by atoms with Crippen molar-refractivity contribution in [3.63, 3.8) is 0 Å². The van der Waals surface area contributed by atoms with E-state index >= 15 is 0 Å². The molecule has 4 N–H and O–H groups in total. The zero-order valence-electron chi connectivity index (χ0n) is 16.8. The molecule has 0 radical (unpaired) electrons. The highest BCUT2D eigenvalue weighted by Crippen LogP contribution is 2.22. The predicted molar refractivity (Wildman–Crippen MR) is 115 cm³/mol. The van der Waals surface area contributed by atoms with Crippen LogP contribution < -0.4 is 15.2 Å². The monoisotopic (exact) mass is 422 g/mol. The van der Waals surface area contributed by atoms with Gasteiger partial charge in [-0.2, -0.15) is 0 Å². The number of aliphatic carboxylic acids is 1. The molecule has 0 aliphatic carbocycles. The maximum atomic E-state index is 14.4. The van der Waals surface area contributed by atoms with Gasteiger partial charge in [0.2, 0.25) is 0 Å². The summed E-state index contributed by atoms with van der Waals surface area (Å²) in [6, 6.07) is 19.8. The first kappa shape index (κ1) is 22.0. The number of carboxylic acid groups (broad SMARTS) is 1. The highest BCUT2D eigenvalue weighted by Gasteiger charge is 2.11. The van der Waals surface area contributed by atoms with Crippen LogP contribution in [0.5, 0.6) is 11.5 Å². The Bertz CT molecular complexity index is 1040. The normalized spacial score (nSPS) is 11.5. The number of nitrogens with one attached hydrogen (secondary N) is 1. The van der Waals surface area contributed by atoms with E-state index in [2.05, 4.69) is 0 Å². The van der Waals surface area contributed by atoms with Gasteiger partial charge in [-0.1, -0.05) is 42.5 Å². The highest BCUT2D eigenvalue weighted by atomic mass is 19.1. The van der Waals surface area contributed by atoms with Crippen LogP contribution in [0.25, 0.3) is 0 Å². The maximum absolute atomic E-state index is 14.4. The van der Waals surface area contributed by atoms with Gasteiger partial charge >= 0.3 is 5.97 Å². The minimum atomic E-state index is -0.965. The lowest BCUT2D eigenvalue weighted by molar-refractivity contribution is -0.137. The van der Waals surface area contributed by atoms with E-state index in [1.54, 1.807) is 36.4 Å². The molecule has 7 heteroatoms. The van der Waals surface area contributed by atoms with Crippen LogP contribution in [0.3, 0.4) is 0 Å². The van der Waals surface area contributed by atoms with Crippen molar-refractivity contribution in [1.82, 2.24) is 0 Å². The highest BCUT2D eigenvalue weighted by molar-refractivity contribution is 5.99. The van der Waals surface area contributed by atoms with Gasteiger partial charge in [0.25, 0.3) is 0 Å². The molecular formula is C24H23FN2O4. The fraction of sp³-hybridized carbons (Fsp3) is 0.167. The second kappa shape index (κ2) is 10.4. The fourth-order valence-electron chi connectivity index (χ4n) is 2.89. The molecule has 0 aliphatic rings. The van der Waals surface area contributed by atoms with Crippen molar-refractivity contribution in [2.75, 3.05) is 6.61 Å². The van der Waals surface area contributed by atoms with Crippen LogP contribution in [0.4, 0.5) is 4.39 Å². The summed E-state index contributed by atoms with van der Waals surface area (Å²) in [6.45, 7) is 0.0577. The third kappa shape index (κ3) is 6.38. The Morgan fingerprint density at radius 1 is 1.00 bits per heavy atom. The van der Waals surface area contributed by atoms with E-state index in [0.717, 1.165) is 5.56 Å². The first-order valence-corrected chi connectivity index (χ1v) is 9.66. The van der Waals surface area contributed by atoms with Crippen molar-refractivity contribution >= 4 is 11.7 Å². The molecule has 0 amide bonds. The third-order valence-electron chi connectivity index (χ3n) is 4.63. The van der Waals surface area contributed by atoms with E-state index in [1.807, 2.05) is 30.3 Å². The number of benzene rings is 3. The summed E-state index contributed by atoms with van der Waals surface area (Å²) in [7, 11) is 0. The van der Waals surface area contributed by atoms with Crippen LogP contribution in [-0.4, -0.2) is 23.4 Å². The molecule has 1 atom stereocenters. The van der Waals surface area contributed by atoms with Crippen LogP contribution in [0, 0.1) is 11.2 Å². The molecule has 0 aromatic heterocycles. The molecular weight excluding hydrogens is 399 g/mol. The topological polar surface area (TPSA) is 106 Å². The van der Waals surface area contributed by atoms with E-state index in [-0.39, 0.29) is 19.6 Å². The first-order valence-electron chi connectivity index (χ1n) is 9.66. The number of ether oxygens (including phenoxy) is 2. The molecule has 0 saturated carbocycles. The summed E-state index contributed by atoms with van der Waals surface area (Å²) in [5.41, 5.74) is 7.93. The molecule has 0 aliphatic heterocycles. The van der Waals surface area contributed by atoms with Gasteiger partial charge in [0.05, 0.1) is 12.1 Å². The molecule has 3 aromatic carbocycles. The third-order valence-corrected chi connectivity index (χ3v) is 4.63. The summed E-state index contributed by atoms with van der Waals surface area (Å²) >= 11 is 0. The predicted octanol–water partition coefficient (Wildman–Crippen LogP) is 4.33. The lowest BCUT2D eigenvalue weighted by Gasteiger charge is -2.12. The summed E-state index contributed by atoms with van der Waals surface area (Å²) in [5, 5.41) is 16.8. The number of carboxylic acids is 1. The SMILES string of the molecule is N=C(COc1ccc(COc2ccc(C(N)CC(=O)O)cc2)c(F)c1)c1ccccc1.